The maximum Gasteiger partial charge on any atom is 0.309 e. The van der Waals surface area contributed by atoms with Crippen LogP contribution in [0.5, 0.6) is 5.75 Å². The first kappa shape index (κ1) is 24.9. The van der Waals surface area contributed by atoms with Crippen LogP contribution in [0.2, 0.25) is 0 Å². The second-order valence-corrected chi connectivity index (χ2v) is 9.18. The van der Waals surface area contributed by atoms with Gasteiger partial charge in [0.25, 0.3) is 5.91 Å². The third-order valence-electron chi connectivity index (χ3n) is 6.66. The second-order valence-electron chi connectivity index (χ2n) is 9.18. The van der Waals surface area contributed by atoms with Gasteiger partial charge in [0.15, 0.2) is 0 Å². The number of piperidine rings is 1. The van der Waals surface area contributed by atoms with Gasteiger partial charge in [-0.05, 0) is 70.0 Å². The van der Waals surface area contributed by atoms with Crippen LogP contribution in [0, 0.1) is 12.8 Å². The first-order valence-corrected chi connectivity index (χ1v) is 12.6. The van der Waals surface area contributed by atoms with Crippen LogP contribution in [0.25, 0.3) is 0 Å². The third-order valence-corrected chi connectivity index (χ3v) is 6.66. The summed E-state index contributed by atoms with van der Waals surface area (Å²) in [6.45, 7) is 8.55. The topological polar surface area (TPSA) is 71.4 Å². The number of ether oxygens (including phenoxy) is 2. The minimum absolute atomic E-state index is 0.0267. The van der Waals surface area contributed by atoms with Crippen LogP contribution in [-0.2, 0) is 14.3 Å². The van der Waals surface area contributed by atoms with Crippen molar-refractivity contribution in [2.24, 2.45) is 11.0 Å². The quantitative estimate of drug-likeness (QED) is 0.529. The van der Waals surface area contributed by atoms with Crippen molar-refractivity contribution in [2.45, 2.75) is 46.1 Å². The standard InChI is InChI=1S/C28H35N3O4/c1-4-34-24-11-9-21(10-12-24)26-18-25(23-8-6-7-20(3)17-23)29-31(26)27(32)19-30-15-13-22(14-16-30)28(33)35-5-2/h6-12,17,22,26H,4-5,13-16,18-19H2,1-3H3. The molecule has 0 spiro atoms. The van der Waals surface area contributed by atoms with Gasteiger partial charge in [-0.25, -0.2) is 5.01 Å². The molecule has 0 N–H and O–H groups in total. The SMILES string of the molecule is CCOC(=O)C1CCN(CC(=O)N2N=C(c3cccc(C)c3)CC2c2ccc(OCC)cc2)CC1. The zero-order chi connectivity index (χ0) is 24.8. The first-order valence-electron chi connectivity index (χ1n) is 12.6. The molecule has 186 valence electrons. The van der Waals surface area contributed by atoms with Crippen molar-refractivity contribution in [1.29, 1.82) is 0 Å². The monoisotopic (exact) mass is 477 g/mol. The van der Waals surface area contributed by atoms with Crippen molar-refractivity contribution in [3.8, 4) is 5.75 Å². The summed E-state index contributed by atoms with van der Waals surface area (Å²) in [5.41, 5.74) is 4.17. The molecule has 1 amide bonds. The zero-order valence-corrected chi connectivity index (χ0v) is 20.9. The van der Waals surface area contributed by atoms with Gasteiger partial charge in [0.05, 0.1) is 37.4 Å². The molecule has 1 fully saturated rings. The van der Waals surface area contributed by atoms with Gasteiger partial charge in [-0.2, -0.15) is 5.10 Å². The molecule has 0 bridgehead atoms. The Morgan fingerprint density at radius 3 is 2.43 bits per heavy atom. The molecule has 2 aliphatic rings. The molecular formula is C28H35N3O4. The lowest BCUT2D eigenvalue weighted by molar-refractivity contribution is -0.149. The Labute approximate surface area is 207 Å². The predicted octanol–water partition coefficient (Wildman–Crippen LogP) is 4.35. The van der Waals surface area contributed by atoms with Crippen molar-refractivity contribution >= 4 is 17.6 Å². The number of nitrogens with zero attached hydrogens (tertiary/aromatic N) is 3. The van der Waals surface area contributed by atoms with E-state index in [-0.39, 0.29) is 30.4 Å². The van der Waals surface area contributed by atoms with Crippen LogP contribution < -0.4 is 4.74 Å². The molecule has 7 nitrogen and oxygen atoms in total. The fraction of sp³-hybridized carbons (Fsp3) is 0.464. The van der Waals surface area contributed by atoms with Gasteiger partial charge in [0.2, 0.25) is 0 Å². The van der Waals surface area contributed by atoms with Crippen LogP contribution in [0.1, 0.15) is 55.8 Å². The summed E-state index contributed by atoms with van der Waals surface area (Å²) in [6.07, 6.45) is 2.09. The van der Waals surface area contributed by atoms with E-state index in [0.29, 0.717) is 45.6 Å². The summed E-state index contributed by atoms with van der Waals surface area (Å²) in [4.78, 5) is 27.7. The Morgan fingerprint density at radius 2 is 1.77 bits per heavy atom. The fourth-order valence-electron chi connectivity index (χ4n) is 4.80. The summed E-state index contributed by atoms with van der Waals surface area (Å²) in [5.74, 6) is 0.592. The van der Waals surface area contributed by atoms with Crippen LogP contribution >= 0.6 is 0 Å². The number of hydrogen-bond donors (Lipinski definition) is 0. The molecule has 0 aliphatic carbocycles. The number of rotatable bonds is 8. The molecular weight excluding hydrogens is 442 g/mol. The Kier molecular flexibility index (Phi) is 8.18. The van der Waals surface area contributed by atoms with E-state index in [1.165, 1.54) is 0 Å². The van der Waals surface area contributed by atoms with Crippen molar-refractivity contribution in [2.75, 3.05) is 32.8 Å². The number of aryl methyl sites for hydroxylation is 1. The van der Waals surface area contributed by atoms with Gasteiger partial charge in [0, 0.05) is 6.42 Å². The lowest BCUT2D eigenvalue weighted by Crippen LogP contribution is -2.43. The van der Waals surface area contributed by atoms with Gasteiger partial charge in [-0.15, -0.1) is 0 Å². The summed E-state index contributed by atoms with van der Waals surface area (Å²) in [6, 6.07) is 16.0. The van der Waals surface area contributed by atoms with E-state index in [1.807, 2.05) is 44.2 Å². The van der Waals surface area contributed by atoms with Crippen molar-refractivity contribution < 1.29 is 19.1 Å². The Morgan fingerprint density at radius 1 is 1.03 bits per heavy atom. The Balaban J connectivity index is 1.49. The van der Waals surface area contributed by atoms with Gasteiger partial charge >= 0.3 is 5.97 Å². The number of carbonyl (C=O) groups excluding carboxylic acids is 2. The van der Waals surface area contributed by atoms with Crippen LogP contribution in [0.4, 0.5) is 0 Å². The van der Waals surface area contributed by atoms with E-state index in [9.17, 15) is 9.59 Å². The summed E-state index contributed by atoms with van der Waals surface area (Å²) < 4.78 is 10.8. The van der Waals surface area contributed by atoms with Crippen LogP contribution in [0.15, 0.2) is 53.6 Å². The van der Waals surface area contributed by atoms with E-state index >= 15 is 0 Å². The average Bonchev–Trinajstić information content (AvgIpc) is 3.31. The number of likely N-dealkylation sites (tertiary alicyclic amines) is 1. The van der Waals surface area contributed by atoms with Crippen molar-refractivity contribution in [3.63, 3.8) is 0 Å². The Hall–Kier alpha value is -3.19. The van der Waals surface area contributed by atoms with Gasteiger partial charge in [-0.1, -0.05) is 42.0 Å². The Bertz CT molecular complexity index is 1060. The highest BCUT2D eigenvalue weighted by Crippen LogP contribution is 2.34. The normalized spacial score (nSPS) is 18.9. The molecule has 1 saturated heterocycles. The molecule has 2 aromatic rings. The summed E-state index contributed by atoms with van der Waals surface area (Å²) in [7, 11) is 0. The van der Waals surface area contributed by atoms with Gasteiger partial charge in [-0.3, -0.25) is 14.5 Å². The number of hydrogen-bond acceptors (Lipinski definition) is 6. The number of esters is 1. The lowest BCUT2D eigenvalue weighted by Gasteiger charge is -2.32. The van der Waals surface area contributed by atoms with Crippen LogP contribution in [-0.4, -0.2) is 60.3 Å². The highest BCUT2D eigenvalue weighted by atomic mass is 16.5. The molecule has 1 atom stereocenters. The highest BCUT2D eigenvalue weighted by molar-refractivity contribution is 6.03. The fourth-order valence-corrected chi connectivity index (χ4v) is 4.80. The second kappa shape index (κ2) is 11.5. The molecule has 4 rings (SSSR count). The number of carbonyl (C=O) groups is 2. The molecule has 1 unspecified atom stereocenters. The average molecular weight is 478 g/mol. The van der Waals surface area contributed by atoms with E-state index in [4.69, 9.17) is 14.6 Å². The summed E-state index contributed by atoms with van der Waals surface area (Å²) >= 11 is 0. The molecule has 0 radical (unpaired) electrons. The maximum absolute atomic E-state index is 13.5. The van der Waals surface area contributed by atoms with Crippen molar-refractivity contribution in [3.05, 3.63) is 65.2 Å². The largest absolute Gasteiger partial charge is 0.494 e. The van der Waals surface area contributed by atoms with E-state index in [1.54, 1.807) is 5.01 Å². The lowest BCUT2D eigenvalue weighted by atomic mass is 9.96. The van der Waals surface area contributed by atoms with Crippen molar-refractivity contribution in [1.82, 2.24) is 9.91 Å². The van der Waals surface area contributed by atoms with E-state index in [0.717, 1.165) is 28.2 Å². The maximum atomic E-state index is 13.5. The molecule has 2 aliphatic heterocycles. The minimum Gasteiger partial charge on any atom is -0.494 e. The minimum atomic E-state index is -0.161. The summed E-state index contributed by atoms with van der Waals surface area (Å²) in [5, 5.41) is 6.47. The number of hydrazone groups is 1. The third kappa shape index (κ3) is 6.09. The van der Waals surface area contributed by atoms with E-state index in [2.05, 4.69) is 30.0 Å². The molecule has 35 heavy (non-hydrogen) atoms. The smallest absolute Gasteiger partial charge is 0.309 e. The van der Waals surface area contributed by atoms with Gasteiger partial charge in [0.1, 0.15) is 5.75 Å². The molecule has 0 saturated carbocycles. The van der Waals surface area contributed by atoms with Gasteiger partial charge < -0.3 is 9.47 Å². The first-order chi connectivity index (χ1) is 17.0. The molecule has 7 heteroatoms. The van der Waals surface area contributed by atoms with E-state index < -0.39 is 0 Å². The number of amides is 1. The molecule has 2 aromatic carbocycles. The molecule has 0 aromatic heterocycles. The zero-order valence-electron chi connectivity index (χ0n) is 20.9. The highest BCUT2D eigenvalue weighted by Gasteiger charge is 2.35. The molecule has 2 heterocycles. The van der Waals surface area contributed by atoms with Crippen LogP contribution in [0.3, 0.4) is 0 Å². The number of benzene rings is 2. The predicted molar refractivity (Wildman–Crippen MR) is 135 cm³/mol.